The summed E-state index contributed by atoms with van der Waals surface area (Å²) in [5, 5.41) is 8.50. The normalized spacial score (nSPS) is 15.7. The molecule has 1 aliphatic rings. The highest BCUT2D eigenvalue weighted by molar-refractivity contribution is 5.90. The lowest BCUT2D eigenvalue weighted by atomic mass is 10.00. The molecule has 8 nitrogen and oxygen atoms in total. The van der Waals surface area contributed by atoms with E-state index in [0.29, 0.717) is 36.1 Å². The highest BCUT2D eigenvalue weighted by Crippen LogP contribution is 2.37. The standard InChI is InChI=1S/C23H15F2N5O3/c24-13-5-6-14(15(25)10-13)21-28-29-22(33-21)23(31)30-8-7-16-19(27-11-26-16)20(30)18-9-12-3-1-2-4-17(12)32-18/h1-6,9-11,20H,7-8H2,(H,26,27)/t20-/m1/s1. The van der Waals surface area contributed by atoms with Crippen molar-refractivity contribution in [1.82, 2.24) is 25.1 Å². The fraction of sp³-hybridized carbons (Fsp3) is 0.130. The Morgan fingerprint density at radius 2 is 1.97 bits per heavy atom. The molecule has 0 bridgehead atoms. The Balaban J connectivity index is 1.39. The summed E-state index contributed by atoms with van der Waals surface area (Å²) in [5.41, 5.74) is 2.17. The maximum absolute atomic E-state index is 14.1. The largest absolute Gasteiger partial charge is 0.458 e. The molecule has 6 rings (SSSR count). The van der Waals surface area contributed by atoms with Crippen molar-refractivity contribution >= 4 is 16.9 Å². The average molecular weight is 447 g/mol. The Morgan fingerprint density at radius 1 is 1.09 bits per heavy atom. The SMILES string of the molecule is O=C(c1nnc(-c2ccc(F)cc2F)o1)N1CCc2[nH]cnc2[C@H]1c1cc2ccccc2o1. The average Bonchev–Trinajstić information content (AvgIpc) is 3.56. The predicted molar refractivity (Wildman–Crippen MR) is 111 cm³/mol. The first kappa shape index (κ1) is 19.4. The fourth-order valence-electron chi connectivity index (χ4n) is 4.13. The number of carbonyl (C=O) groups is 1. The van der Waals surface area contributed by atoms with Gasteiger partial charge >= 0.3 is 11.8 Å². The molecule has 164 valence electrons. The van der Waals surface area contributed by atoms with Crippen molar-refractivity contribution < 1.29 is 22.4 Å². The van der Waals surface area contributed by atoms with Crippen molar-refractivity contribution in [3.63, 3.8) is 0 Å². The number of imidazole rings is 1. The molecule has 4 heterocycles. The molecule has 0 saturated carbocycles. The van der Waals surface area contributed by atoms with Crippen LogP contribution in [0.1, 0.15) is 33.9 Å². The molecule has 33 heavy (non-hydrogen) atoms. The van der Waals surface area contributed by atoms with Crippen LogP contribution < -0.4 is 0 Å². The van der Waals surface area contributed by atoms with E-state index in [4.69, 9.17) is 8.83 Å². The van der Waals surface area contributed by atoms with Crippen molar-refractivity contribution in [2.24, 2.45) is 0 Å². The van der Waals surface area contributed by atoms with Crippen LogP contribution in [0.15, 0.2) is 63.7 Å². The van der Waals surface area contributed by atoms with Gasteiger partial charge < -0.3 is 18.7 Å². The van der Waals surface area contributed by atoms with Gasteiger partial charge in [0, 0.05) is 30.1 Å². The number of nitrogens with zero attached hydrogens (tertiary/aromatic N) is 4. The molecule has 3 aromatic heterocycles. The topological polar surface area (TPSA) is 101 Å². The number of carbonyl (C=O) groups excluding carboxylic acids is 1. The van der Waals surface area contributed by atoms with Crippen LogP contribution in [-0.2, 0) is 6.42 Å². The lowest BCUT2D eigenvalue weighted by Crippen LogP contribution is -2.40. The van der Waals surface area contributed by atoms with Crippen molar-refractivity contribution in [3.8, 4) is 11.5 Å². The van der Waals surface area contributed by atoms with E-state index in [1.165, 1.54) is 6.07 Å². The van der Waals surface area contributed by atoms with Crippen LogP contribution in [0.5, 0.6) is 0 Å². The molecule has 0 radical (unpaired) electrons. The minimum atomic E-state index is -0.864. The number of H-pyrrole nitrogens is 1. The van der Waals surface area contributed by atoms with E-state index in [0.717, 1.165) is 17.1 Å². The van der Waals surface area contributed by atoms with Crippen LogP contribution >= 0.6 is 0 Å². The molecule has 2 aromatic carbocycles. The van der Waals surface area contributed by atoms with Gasteiger partial charge in [-0.3, -0.25) is 4.79 Å². The van der Waals surface area contributed by atoms with Gasteiger partial charge in [-0.25, -0.2) is 13.8 Å². The van der Waals surface area contributed by atoms with Crippen LogP contribution in [-0.4, -0.2) is 37.5 Å². The van der Waals surface area contributed by atoms with Gasteiger partial charge in [0.15, 0.2) is 0 Å². The molecular weight excluding hydrogens is 432 g/mol. The number of rotatable bonds is 3. The lowest BCUT2D eigenvalue weighted by molar-refractivity contribution is 0.0632. The highest BCUT2D eigenvalue weighted by Gasteiger charge is 2.38. The first-order valence-electron chi connectivity index (χ1n) is 10.2. The molecule has 1 aliphatic heterocycles. The Labute approximate surface area is 184 Å². The first-order valence-corrected chi connectivity index (χ1v) is 10.2. The van der Waals surface area contributed by atoms with Crippen LogP contribution in [0.4, 0.5) is 8.78 Å². The van der Waals surface area contributed by atoms with E-state index in [-0.39, 0.29) is 17.3 Å². The van der Waals surface area contributed by atoms with Gasteiger partial charge in [0.05, 0.1) is 17.6 Å². The van der Waals surface area contributed by atoms with Crippen molar-refractivity contribution in [2.75, 3.05) is 6.54 Å². The smallest absolute Gasteiger partial charge is 0.312 e. The lowest BCUT2D eigenvalue weighted by Gasteiger charge is -2.32. The molecule has 0 fully saturated rings. The number of aromatic amines is 1. The quantitative estimate of drug-likeness (QED) is 0.443. The Morgan fingerprint density at radius 3 is 2.82 bits per heavy atom. The van der Waals surface area contributed by atoms with Crippen LogP contribution in [0, 0.1) is 11.6 Å². The number of benzene rings is 2. The van der Waals surface area contributed by atoms with Gasteiger partial charge in [0.25, 0.3) is 5.89 Å². The monoisotopic (exact) mass is 447 g/mol. The van der Waals surface area contributed by atoms with Crippen LogP contribution in [0.2, 0.25) is 0 Å². The molecule has 0 saturated heterocycles. The number of furan rings is 1. The molecular formula is C23H15F2N5O3. The van der Waals surface area contributed by atoms with E-state index >= 15 is 0 Å². The number of hydrogen-bond acceptors (Lipinski definition) is 6. The van der Waals surface area contributed by atoms with E-state index < -0.39 is 23.6 Å². The third kappa shape index (κ3) is 3.18. The molecule has 1 atom stereocenters. The number of nitrogens with one attached hydrogen (secondary N) is 1. The number of fused-ring (bicyclic) bond motifs is 2. The second kappa shape index (κ2) is 7.37. The van der Waals surface area contributed by atoms with Gasteiger partial charge in [-0.05, 0) is 24.3 Å². The first-order chi connectivity index (χ1) is 16.1. The summed E-state index contributed by atoms with van der Waals surface area (Å²) in [4.78, 5) is 22.5. The summed E-state index contributed by atoms with van der Waals surface area (Å²) in [6.07, 6.45) is 2.13. The minimum absolute atomic E-state index is 0.0926. The van der Waals surface area contributed by atoms with Gasteiger partial charge in [-0.15, -0.1) is 10.2 Å². The van der Waals surface area contributed by atoms with E-state index in [1.54, 1.807) is 11.2 Å². The second-order valence-corrected chi connectivity index (χ2v) is 7.64. The molecule has 0 unspecified atom stereocenters. The van der Waals surface area contributed by atoms with E-state index in [1.807, 2.05) is 30.3 Å². The maximum atomic E-state index is 14.1. The number of para-hydroxylation sites is 1. The fourth-order valence-corrected chi connectivity index (χ4v) is 4.13. The Kier molecular flexibility index (Phi) is 4.32. The Hall–Kier alpha value is -4.34. The third-order valence-corrected chi connectivity index (χ3v) is 5.67. The van der Waals surface area contributed by atoms with Gasteiger partial charge in [-0.2, -0.15) is 0 Å². The van der Waals surface area contributed by atoms with E-state index in [9.17, 15) is 13.6 Å². The summed E-state index contributed by atoms with van der Waals surface area (Å²) >= 11 is 0. The zero-order chi connectivity index (χ0) is 22.5. The molecule has 0 spiro atoms. The number of amides is 1. The number of halogens is 2. The van der Waals surface area contributed by atoms with Gasteiger partial charge in [-0.1, -0.05) is 18.2 Å². The van der Waals surface area contributed by atoms with E-state index in [2.05, 4.69) is 20.2 Å². The molecule has 1 N–H and O–H groups in total. The summed E-state index contributed by atoms with van der Waals surface area (Å²) in [6, 6.07) is 11.8. The van der Waals surface area contributed by atoms with Crippen molar-refractivity contribution in [2.45, 2.75) is 12.5 Å². The molecule has 1 amide bonds. The number of aromatic nitrogens is 4. The maximum Gasteiger partial charge on any atom is 0.312 e. The zero-order valence-corrected chi connectivity index (χ0v) is 17.0. The zero-order valence-electron chi connectivity index (χ0n) is 17.0. The summed E-state index contributed by atoms with van der Waals surface area (Å²) < 4.78 is 38.9. The van der Waals surface area contributed by atoms with Crippen LogP contribution in [0.3, 0.4) is 0 Å². The minimum Gasteiger partial charge on any atom is -0.458 e. The second-order valence-electron chi connectivity index (χ2n) is 7.64. The summed E-state index contributed by atoms with van der Waals surface area (Å²) in [7, 11) is 0. The summed E-state index contributed by atoms with van der Waals surface area (Å²) in [6.45, 7) is 0.346. The van der Waals surface area contributed by atoms with Crippen molar-refractivity contribution in [1.29, 1.82) is 0 Å². The highest BCUT2D eigenvalue weighted by atomic mass is 19.1. The van der Waals surface area contributed by atoms with Crippen LogP contribution in [0.25, 0.3) is 22.4 Å². The number of hydrogen-bond donors (Lipinski definition) is 1. The Bertz CT molecular complexity index is 1470. The molecule has 10 heteroatoms. The van der Waals surface area contributed by atoms with Gasteiger partial charge in [0.2, 0.25) is 0 Å². The van der Waals surface area contributed by atoms with Gasteiger partial charge in [0.1, 0.15) is 29.0 Å². The third-order valence-electron chi connectivity index (χ3n) is 5.67. The predicted octanol–water partition coefficient (Wildman–Crippen LogP) is 4.27. The van der Waals surface area contributed by atoms with Crippen molar-refractivity contribution in [3.05, 3.63) is 89.5 Å². The molecule has 0 aliphatic carbocycles. The molecule has 5 aromatic rings. The summed E-state index contributed by atoms with van der Waals surface area (Å²) in [5.74, 6) is -2.12.